The minimum atomic E-state index is -0.0713. The molecule has 3 heterocycles. The van der Waals surface area contributed by atoms with Gasteiger partial charge in [-0.25, -0.2) is 0 Å². The van der Waals surface area contributed by atoms with Crippen molar-refractivity contribution in [1.82, 2.24) is 14.5 Å². The monoisotopic (exact) mass is 199 g/mol. The van der Waals surface area contributed by atoms with Crippen molar-refractivity contribution >= 4 is 21.8 Å². The maximum absolute atomic E-state index is 11.8. The van der Waals surface area contributed by atoms with Crippen LogP contribution in [-0.4, -0.2) is 14.5 Å². The van der Waals surface area contributed by atoms with Gasteiger partial charge >= 0.3 is 0 Å². The van der Waals surface area contributed by atoms with Crippen LogP contribution >= 0.6 is 0 Å². The second-order valence-electron chi connectivity index (χ2n) is 3.56. The Bertz CT molecular complexity index is 708. The minimum Gasteiger partial charge on any atom is -0.346 e. The van der Waals surface area contributed by atoms with E-state index in [-0.39, 0.29) is 5.56 Å². The smallest absolute Gasteiger partial charge is 0.272 e. The van der Waals surface area contributed by atoms with Crippen molar-refractivity contribution in [3.63, 3.8) is 0 Å². The molecule has 4 heteroatoms. The normalized spacial score (nSPS) is 11.3. The Kier molecular flexibility index (Phi) is 1.48. The first-order valence-corrected chi connectivity index (χ1v) is 4.68. The van der Waals surface area contributed by atoms with Crippen molar-refractivity contribution in [2.75, 3.05) is 0 Å². The summed E-state index contributed by atoms with van der Waals surface area (Å²) in [5, 5.41) is 2.00. The third-order valence-corrected chi connectivity index (χ3v) is 2.65. The average molecular weight is 199 g/mol. The molecule has 3 aromatic rings. The molecule has 0 unspecified atom stereocenters. The summed E-state index contributed by atoms with van der Waals surface area (Å²) in [5.74, 6) is 0. The zero-order valence-electron chi connectivity index (χ0n) is 8.19. The zero-order chi connectivity index (χ0) is 10.4. The molecule has 4 nitrogen and oxygen atoms in total. The van der Waals surface area contributed by atoms with Crippen molar-refractivity contribution in [3.8, 4) is 0 Å². The van der Waals surface area contributed by atoms with Crippen molar-refractivity contribution in [2.24, 2.45) is 7.05 Å². The molecule has 0 spiro atoms. The number of aryl methyl sites for hydroxylation is 1. The molecule has 0 fully saturated rings. The number of H-pyrrole nitrogens is 1. The number of nitrogens with one attached hydrogen (secondary N) is 1. The van der Waals surface area contributed by atoms with Crippen LogP contribution < -0.4 is 5.56 Å². The highest BCUT2D eigenvalue weighted by Gasteiger charge is 2.07. The maximum atomic E-state index is 11.8. The Hall–Kier alpha value is -2.10. The second kappa shape index (κ2) is 2.70. The molecule has 0 aliphatic carbocycles. The Balaban J connectivity index is 2.71. The summed E-state index contributed by atoms with van der Waals surface area (Å²) in [6.45, 7) is 0. The standard InChI is InChI=1S/C11H9N3O/c1-14-5-3-8-7-2-4-12-6-9(7)13-11(15)10(8)14/h2-6H,1H3,(H,13,15). The topological polar surface area (TPSA) is 50.7 Å². The molecular formula is C11H9N3O. The van der Waals surface area contributed by atoms with Gasteiger partial charge in [0.15, 0.2) is 0 Å². The van der Waals surface area contributed by atoms with Gasteiger partial charge in [0.2, 0.25) is 0 Å². The van der Waals surface area contributed by atoms with E-state index < -0.39 is 0 Å². The van der Waals surface area contributed by atoms with Gasteiger partial charge in [-0.05, 0) is 12.1 Å². The molecule has 0 atom stereocenters. The highest BCUT2D eigenvalue weighted by Crippen LogP contribution is 2.19. The molecule has 3 rings (SSSR count). The van der Waals surface area contributed by atoms with E-state index in [0.717, 1.165) is 16.3 Å². The Morgan fingerprint density at radius 3 is 3.07 bits per heavy atom. The Labute approximate surface area is 85.2 Å². The molecule has 74 valence electrons. The Morgan fingerprint density at radius 2 is 2.20 bits per heavy atom. The molecule has 0 aliphatic heterocycles. The minimum absolute atomic E-state index is 0.0713. The van der Waals surface area contributed by atoms with E-state index in [1.54, 1.807) is 12.4 Å². The van der Waals surface area contributed by atoms with Crippen LogP contribution in [-0.2, 0) is 7.05 Å². The fourth-order valence-electron chi connectivity index (χ4n) is 1.94. The van der Waals surface area contributed by atoms with Crippen molar-refractivity contribution in [2.45, 2.75) is 0 Å². The summed E-state index contributed by atoms with van der Waals surface area (Å²) < 4.78 is 1.83. The molecule has 0 amide bonds. The molecule has 0 saturated heterocycles. The summed E-state index contributed by atoms with van der Waals surface area (Å²) in [4.78, 5) is 18.6. The van der Waals surface area contributed by atoms with E-state index in [2.05, 4.69) is 9.97 Å². The number of pyridine rings is 2. The molecule has 0 radical (unpaired) electrons. The number of aromatic nitrogens is 3. The van der Waals surface area contributed by atoms with Gasteiger partial charge in [0.05, 0.1) is 11.7 Å². The number of rotatable bonds is 0. The zero-order valence-corrected chi connectivity index (χ0v) is 8.19. The van der Waals surface area contributed by atoms with Crippen LogP contribution in [0.4, 0.5) is 0 Å². The second-order valence-corrected chi connectivity index (χ2v) is 3.56. The van der Waals surface area contributed by atoms with E-state index in [9.17, 15) is 4.79 Å². The molecule has 15 heavy (non-hydrogen) atoms. The first-order valence-electron chi connectivity index (χ1n) is 4.68. The summed E-state index contributed by atoms with van der Waals surface area (Å²) in [6, 6.07) is 3.86. The third-order valence-electron chi connectivity index (χ3n) is 2.65. The average Bonchev–Trinajstić information content (AvgIpc) is 2.62. The quantitative estimate of drug-likeness (QED) is 0.595. The largest absolute Gasteiger partial charge is 0.346 e. The molecule has 0 bridgehead atoms. The van der Waals surface area contributed by atoms with Gasteiger partial charge < -0.3 is 9.55 Å². The van der Waals surface area contributed by atoms with E-state index in [1.807, 2.05) is 29.9 Å². The van der Waals surface area contributed by atoms with Crippen LogP contribution in [0.1, 0.15) is 0 Å². The van der Waals surface area contributed by atoms with E-state index in [4.69, 9.17) is 0 Å². The van der Waals surface area contributed by atoms with Crippen LogP contribution in [0, 0.1) is 0 Å². The fraction of sp³-hybridized carbons (Fsp3) is 0.0909. The van der Waals surface area contributed by atoms with Gasteiger partial charge in [0.25, 0.3) is 5.56 Å². The SMILES string of the molecule is Cn1ccc2c3ccncc3[nH]c(=O)c21. The predicted octanol–water partition coefficient (Wildman–Crippen LogP) is 1.41. The fourth-order valence-corrected chi connectivity index (χ4v) is 1.94. The van der Waals surface area contributed by atoms with Gasteiger partial charge in [-0.1, -0.05) is 0 Å². The first kappa shape index (κ1) is 8.23. The van der Waals surface area contributed by atoms with Gasteiger partial charge in [-0.15, -0.1) is 0 Å². The molecule has 3 aromatic heterocycles. The number of aromatic amines is 1. The summed E-state index contributed by atoms with van der Waals surface area (Å²) in [6.07, 6.45) is 5.29. The predicted molar refractivity (Wildman–Crippen MR) is 58.8 cm³/mol. The van der Waals surface area contributed by atoms with E-state index >= 15 is 0 Å². The number of hydrogen-bond donors (Lipinski definition) is 1. The summed E-state index contributed by atoms with van der Waals surface area (Å²) in [5.41, 5.74) is 1.41. The van der Waals surface area contributed by atoms with Gasteiger partial charge in [-0.2, -0.15) is 0 Å². The van der Waals surface area contributed by atoms with Gasteiger partial charge in [0, 0.05) is 30.2 Å². The molecule has 1 N–H and O–H groups in total. The molecule has 0 saturated carbocycles. The maximum Gasteiger partial charge on any atom is 0.272 e. The van der Waals surface area contributed by atoms with Crippen LogP contribution in [0.5, 0.6) is 0 Å². The van der Waals surface area contributed by atoms with Crippen LogP contribution in [0.15, 0.2) is 35.5 Å². The van der Waals surface area contributed by atoms with Crippen molar-refractivity contribution in [1.29, 1.82) is 0 Å². The lowest BCUT2D eigenvalue weighted by Gasteiger charge is -1.99. The lowest BCUT2D eigenvalue weighted by Crippen LogP contribution is -2.09. The lowest BCUT2D eigenvalue weighted by atomic mass is 10.2. The van der Waals surface area contributed by atoms with Gasteiger partial charge in [0.1, 0.15) is 5.52 Å². The summed E-state index contributed by atoms with van der Waals surface area (Å²) >= 11 is 0. The third kappa shape index (κ3) is 1.01. The Morgan fingerprint density at radius 1 is 1.33 bits per heavy atom. The molecule has 0 aliphatic rings. The van der Waals surface area contributed by atoms with E-state index in [0.29, 0.717) is 5.52 Å². The highest BCUT2D eigenvalue weighted by molar-refractivity contribution is 6.03. The lowest BCUT2D eigenvalue weighted by molar-refractivity contribution is 0.959. The van der Waals surface area contributed by atoms with E-state index in [1.165, 1.54) is 0 Å². The number of nitrogens with zero attached hydrogens (tertiary/aromatic N) is 2. The first-order chi connectivity index (χ1) is 7.27. The van der Waals surface area contributed by atoms with Crippen LogP contribution in [0.25, 0.3) is 21.8 Å². The molecule has 0 aromatic carbocycles. The number of hydrogen-bond acceptors (Lipinski definition) is 2. The van der Waals surface area contributed by atoms with Gasteiger partial charge in [-0.3, -0.25) is 9.78 Å². The van der Waals surface area contributed by atoms with Crippen LogP contribution in [0.3, 0.4) is 0 Å². The summed E-state index contributed by atoms with van der Waals surface area (Å²) in [7, 11) is 1.87. The molecular weight excluding hydrogens is 190 g/mol. The number of fused-ring (bicyclic) bond motifs is 3. The van der Waals surface area contributed by atoms with Crippen LogP contribution in [0.2, 0.25) is 0 Å². The van der Waals surface area contributed by atoms with Crippen molar-refractivity contribution in [3.05, 3.63) is 41.1 Å². The highest BCUT2D eigenvalue weighted by atomic mass is 16.1. The van der Waals surface area contributed by atoms with Crippen molar-refractivity contribution < 1.29 is 0 Å².